The molecule has 0 saturated carbocycles. The zero-order valence-corrected chi connectivity index (χ0v) is 17.3. The molecule has 2 aromatic carbocycles. The summed E-state index contributed by atoms with van der Waals surface area (Å²) < 4.78 is 33.4. The van der Waals surface area contributed by atoms with Gasteiger partial charge in [0.1, 0.15) is 5.75 Å². The number of benzene rings is 2. The van der Waals surface area contributed by atoms with Gasteiger partial charge in [-0.1, -0.05) is 12.1 Å². The Labute approximate surface area is 162 Å². The summed E-state index contributed by atoms with van der Waals surface area (Å²) in [6.07, 6.45) is 0.0563. The van der Waals surface area contributed by atoms with Crippen LogP contribution in [0, 0.1) is 13.8 Å². The average Bonchev–Trinajstić information content (AvgIpc) is 2.63. The number of hydrogen-bond donors (Lipinski definition) is 0. The maximum Gasteiger partial charge on any atom is 0.243 e. The van der Waals surface area contributed by atoms with E-state index < -0.39 is 10.0 Å². The topological polar surface area (TPSA) is 49.9 Å². The number of hydrogen-bond acceptors (Lipinski definition) is 4. The Morgan fingerprint density at radius 1 is 0.963 bits per heavy atom. The lowest BCUT2D eigenvalue weighted by atomic mass is 10.2. The summed E-state index contributed by atoms with van der Waals surface area (Å²) >= 11 is 0. The number of rotatable bonds is 5. The SMILES string of the molecule is Cc1cccc(N2CCN(S(=O)(=O)c3ccc(OC(C)C)c(C)c3)CC2)c1. The zero-order chi connectivity index (χ0) is 19.6. The number of nitrogens with zero attached hydrogens (tertiary/aromatic N) is 2. The molecular formula is C21H28N2O3S. The van der Waals surface area contributed by atoms with Crippen LogP contribution in [-0.4, -0.2) is 45.0 Å². The highest BCUT2D eigenvalue weighted by Gasteiger charge is 2.29. The van der Waals surface area contributed by atoms with Gasteiger partial charge in [-0.05, 0) is 69.2 Å². The van der Waals surface area contributed by atoms with Crippen molar-refractivity contribution < 1.29 is 13.2 Å². The number of ether oxygens (including phenoxy) is 1. The van der Waals surface area contributed by atoms with E-state index in [0.717, 1.165) is 17.0 Å². The lowest BCUT2D eigenvalue weighted by molar-refractivity contribution is 0.240. The highest BCUT2D eigenvalue weighted by molar-refractivity contribution is 7.89. The molecule has 0 radical (unpaired) electrons. The highest BCUT2D eigenvalue weighted by Crippen LogP contribution is 2.26. The molecule has 3 rings (SSSR count). The fourth-order valence-corrected chi connectivity index (χ4v) is 4.84. The first-order valence-electron chi connectivity index (χ1n) is 9.36. The van der Waals surface area contributed by atoms with Crippen molar-refractivity contribution in [3.05, 3.63) is 53.6 Å². The molecule has 6 heteroatoms. The van der Waals surface area contributed by atoms with Crippen LogP contribution in [0.2, 0.25) is 0 Å². The van der Waals surface area contributed by atoms with Crippen LogP contribution in [0.4, 0.5) is 5.69 Å². The molecule has 1 heterocycles. The largest absolute Gasteiger partial charge is 0.491 e. The second-order valence-corrected chi connectivity index (χ2v) is 9.26. The summed E-state index contributed by atoms with van der Waals surface area (Å²) in [6.45, 7) is 10.2. The summed E-state index contributed by atoms with van der Waals surface area (Å²) in [5.41, 5.74) is 3.20. The molecule has 0 spiro atoms. The van der Waals surface area contributed by atoms with E-state index in [4.69, 9.17) is 4.74 Å². The molecule has 0 atom stereocenters. The maximum atomic E-state index is 13.0. The van der Waals surface area contributed by atoms with E-state index >= 15 is 0 Å². The maximum absolute atomic E-state index is 13.0. The van der Waals surface area contributed by atoms with Gasteiger partial charge >= 0.3 is 0 Å². The van der Waals surface area contributed by atoms with Crippen molar-refractivity contribution in [1.29, 1.82) is 0 Å². The van der Waals surface area contributed by atoms with Gasteiger partial charge in [0, 0.05) is 31.9 Å². The van der Waals surface area contributed by atoms with Crippen LogP contribution in [0.1, 0.15) is 25.0 Å². The van der Waals surface area contributed by atoms with Crippen LogP contribution in [-0.2, 0) is 10.0 Å². The van der Waals surface area contributed by atoms with E-state index in [9.17, 15) is 8.42 Å². The number of aryl methyl sites for hydroxylation is 2. The summed E-state index contributed by atoms with van der Waals surface area (Å²) in [7, 11) is -3.49. The molecular weight excluding hydrogens is 360 g/mol. The van der Waals surface area contributed by atoms with Crippen LogP contribution in [0.3, 0.4) is 0 Å². The van der Waals surface area contributed by atoms with Crippen molar-refractivity contribution in [2.75, 3.05) is 31.1 Å². The lowest BCUT2D eigenvalue weighted by Gasteiger charge is -2.35. The Morgan fingerprint density at radius 2 is 1.67 bits per heavy atom. The second-order valence-electron chi connectivity index (χ2n) is 7.32. The van der Waals surface area contributed by atoms with Gasteiger partial charge in [-0.15, -0.1) is 0 Å². The minimum atomic E-state index is -3.49. The Bertz CT molecular complexity index is 901. The third-order valence-electron chi connectivity index (χ3n) is 4.75. The molecule has 5 nitrogen and oxygen atoms in total. The quantitative estimate of drug-likeness (QED) is 0.785. The Balaban J connectivity index is 1.72. The van der Waals surface area contributed by atoms with Crippen molar-refractivity contribution in [2.24, 2.45) is 0 Å². The monoisotopic (exact) mass is 388 g/mol. The lowest BCUT2D eigenvalue weighted by Crippen LogP contribution is -2.48. The van der Waals surface area contributed by atoms with Crippen molar-refractivity contribution in [3.8, 4) is 5.75 Å². The van der Waals surface area contributed by atoms with Gasteiger partial charge in [0.05, 0.1) is 11.0 Å². The van der Waals surface area contributed by atoms with Crippen molar-refractivity contribution in [2.45, 2.75) is 38.7 Å². The van der Waals surface area contributed by atoms with Gasteiger partial charge in [0.2, 0.25) is 10.0 Å². The van der Waals surface area contributed by atoms with Gasteiger partial charge in [0.25, 0.3) is 0 Å². The predicted molar refractivity (Wildman–Crippen MR) is 109 cm³/mol. The molecule has 1 aliphatic rings. The van der Waals surface area contributed by atoms with Crippen LogP contribution in [0.25, 0.3) is 0 Å². The number of sulfonamides is 1. The average molecular weight is 389 g/mol. The van der Waals surface area contributed by atoms with E-state index in [1.165, 1.54) is 5.56 Å². The normalized spacial score (nSPS) is 16.0. The van der Waals surface area contributed by atoms with E-state index in [-0.39, 0.29) is 6.10 Å². The molecule has 0 aromatic heterocycles. The third kappa shape index (κ3) is 4.45. The fourth-order valence-electron chi connectivity index (χ4n) is 3.33. The van der Waals surface area contributed by atoms with Gasteiger partial charge in [-0.25, -0.2) is 8.42 Å². The van der Waals surface area contributed by atoms with Crippen LogP contribution in [0.15, 0.2) is 47.4 Å². The fraction of sp³-hybridized carbons (Fsp3) is 0.429. The van der Waals surface area contributed by atoms with Crippen LogP contribution in [0.5, 0.6) is 5.75 Å². The smallest absolute Gasteiger partial charge is 0.243 e. The van der Waals surface area contributed by atoms with E-state index in [1.807, 2.05) is 26.8 Å². The molecule has 0 aliphatic carbocycles. The predicted octanol–water partition coefficient (Wildman–Crippen LogP) is 3.60. The Kier molecular flexibility index (Phi) is 5.77. The first-order chi connectivity index (χ1) is 12.8. The third-order valence-corrected chi connectivity index (χ3v) is 6.65. The van der Waals surface area contributed by atoms with E-state index in [1.54, 1.807) is 22.5 Å². The van der Waals surface area contributed by atoms with Gasteiger partial charge in [-0.3, -0.25) is 0 Å². The number of anilines is 1. The molecule has 1 saturated heterocycles. The first-order valence-corrected chi connectivity index (χ1v) is 10.8. The molecule has 2 aromatic rings. The number of piperazine rings is 1. The van der Waals surface area contributed by atoms with Gasteiger partial charge < -0.3 is 9.64 Å². The molecule has 146 valence electrons. The minimum Gasteiger partial charge on any atom is -0.491 e. The summed E-state index contributed by atoms with van der Waals surface area (Å²) in [4.78, 5) is 2.57. The second kappa shape index (κ2) is 7.90. The molecule has 1 aliphatic heterocycles. The van der Waals surface area contributed by atoms with E-state index in [0.29, 0.717) is 31.1 Å². The highest BCUT2D eigenvalue weighted by atomic mass is 32.2. The van der Waals surface area contributed by atoms with Crippen LogP contribution >= 0.6 is 0 Å². The molecule has 27 heavy (non-hydrogen) atoms. The molecule has 0 bridgehead atoms. The zero-order valence-electron chi connectivity index (χ0n) is 16.5. The Morgan fingerprint density at radius 3 is 2.26 bits per heavy atom. The molecule has 0 unspecified atom stereocenters. The molecule has 0 N–H and O–H groups in total. The summed E-state index contributed by atoms with van der Waals surface area (Å²) in [5.74, 6) is 0.730. The first kappa shape index (κ1) is 19.7. The Hall–Kier alpha value is -2.05. The summed E-state index contributed by atoms with van der Waals surface area (Å²) in [6, 6.07) is 13.4. The summed E-state index contributed by atoms with van der Waals surface area (Å²) in [5, 5.41) is 0. The van der Waals surface area contributed by atoms with Crippen molar-refractivity contribution in [1.82, 2.24) is 4.31 Å². The van der Waals surface area contributed by atoms with Gasteiger partial charge in [-0.2, -0.15) is 4.31 Å². The molecule has 0 amide bonds. The van der Waals surface area contributed by atoms with Crippen molar-refractivity contribution >= 4 is 15.7 Å². The van der Waals surface area contributed by atoms with Crippen LogP contribution < -0.4 is 9.64 Å². The van der Waals surface area contributed by atoms with Crippen molar-refractivity contribution in [3.63, 3.8) is 0 Å². The van der Waals surface area contributed by atoms with Gasteiger partial charge in [0.15, 0.2) is 0 Å². The molecule has 1 fully saturated rings. The van der Waals surface area contributed by atoms with E-state index in [2.05, 4.69) is 30.0 Å². The standard InChI is InChI=1S/C21H28N2O3S/c1-16(2)26-21-9-8-20(15-18(21)4)27(24,25)23-12-10-22(11-13-23)19-7-5-6-17(3)14-19/h5-9,14-16H,10-13H2,1-4H3. The minimum absolute atomic E-state index is 0.0563.